The Morgan fingerprint density at radius 3 is 2.53 bits per heavy atom. The van der Waals surface area contributed by atoms with Crippen molar-refractivity contribution < 1.29 is 19.4 Å². The SMILES string of the molecule is O=C(O)[C@@H](c1ccccc1)N1CCOC(CN2CCC(Oc3ccc(Cl)c(Cl)c3)CC2)C1. The van der Waals surface area contributed by atoms with Crippen LogP contribution in [0.5, 0.6) is 5.75 Å². The Kier molecular flexibility index (Phi) is 7.92. The molecular weight excluding hydrogens is 451 g/mol. The predicted molar refractivity (Wildman–Crippen MR) is 125 cm³/mol. The number of likely N-dealkylation sites (tertiary alicyclic amines) is 1. The van der Waals surface area contributed by atoms with E-state index in [1.807, 2.05) is 41.3 Å². The van der Waals surface area contributed by atoms with E-state index in [1.54, 1.807) is 12.1 Å². The van der Waals surface area contributed by atoms with Gasteiger partial charge in [0.2, 0.25) is 0 Å². The first kappa shape index (κ1) is 23.3. The van der Waals surface area contributed by atoms with Crippen molar-refractivity contribution in [2.45, 2.75) is 31.1 Å². The minimum atomic E-state index is -0.822. The standard InChI is InChI=1S/C24H28Cl2N2O4/c25-21-7-6-19(14-22(21)26)32-18-8-10-27(11-9-18)15-20-16-28(12-13-31-20)23(24(29)30)17-4-2-1-3-5-17/h1-7,14,18,20,23H,8-13,15-16H2,(H,29,30)/t20?,23-/m1/s1. The lowest BCUT2D eigenvalue weighted by Crippen LogP contribution is -2.51. The molecule has 2 aromatic rings. The molecule has 2 aliphatic rings. The van der Waals surface area contributed by atoms with Crippen LogP contribution in [0, 0.1) is 0 Å². The van der Waals surface area contributed by atoms with Gasteiger partial charge in [-0.15, -0.1) is 0 Å². The average molecular weight is 479 g/mol. The third kappa shape index (κ3) is 5.94. The molecule has 0 spiro atoms. The highest BCUT2D eigenvalue weighted by atomic mass is 35.5. The van der Waals surface area contributed by atoms with E-state index in [4.69, 9.17) is 32.7 Å². The highest BCUT2D eigenvalue weighted by molar-refractivity contribution is 6.42. The molecule has 2 atom stereocenters. The Balaban J connectivity index is 1.28. The van der Waals surface area contributed by atoms with Crippen LogP contribution in [0.3, 0.4) is 0 Å². The molecule has 2 saturated heterocycles. The van der Waals surface area contributed by atoms with Crippen molar-refractivity contribution in [2.24, 2.45) is 0 Å². The van der Waals surface area contributed by atoms with Gasteiger partial charge in [0.25, 0.3) is 0 Å². The van der Waals surface area contributed by atoms with E-state index < -0.39 is 12.0 Å². The van der Waals surface area contributed by atoms with Crippen LogP contribution in [-0.4, -0.2) is 72.4 Å². The van der Waals surface area contributed by atoms with E-state index in [-0.39, 0.29) is 12.2 Å². The molecule has 2 aromatic carbocycles. The fraction of sp³-hybridized carbons (Fsp3) is 0.458. The highest BCUT2D eigenvalue weighted by Gasteiger charge is 2.33. The molecule has 0 radical (unpaired) electrons. The zero-order valence-electron chi connectivity index (χ0n) is 17.8. The number of carbonyl (C=O) groups is 1. The third-order valence-electron chi connectivity index (χ3n) is 6.07. The lowest BCUT2D eigenvalue weighted by atomic mass is 10.0. The van der Waals surface area contributed by atoms with Gasteiger partial charge in [-0.3, -0.25) is 9.69 Å². The van der Waals surface area contributed by atoms with Gasteiger partial charge in [-0.2, -0.15) is 0 Å². The van der Waals surface area contributed by atoms with E-state index in [0.29, 0.717) is 29.7 Å². The van der Waals surface area contributed by atoms with Crippen molar-refractivity contribution in [2.75, 3.05) is 39.3 Å². The zero-order chi connectivity index (χ0) is 22.5. The average Bonchev–Trinajstić information content (AvgIpc) is 2.79. The van der Waals surface area contributed by atoms with Crippen molar-refractivity contribution in [3.05, 3.63) is 64.1 Å². The molecule has 2 fully saturated rings. The van der Waals surface area contributed by atoms with Gasteiger partial charge in [-0.1, -0.05) is 53.5 Å². The number of halogens is 2. The van der Waals surface area contributed by atoms with Gasteiger partial charge in [0.1, 0.15) is 17.9 Å². The van der Waals surface area contributed by atoms with Crippen LogP contribution >= 0.6 is 23.2 Å². The van der Waals surface area contributed by atoms with Gasteiger partial charge in [-0.05, 0) is 30.5 Å². The number of benzene rings is 2. The Morgan fingerprint density at radius 2 is 1.84 bits per heavy atom. The van der Waals surface area contributed by atoms with Gasteiger partial charge in [-0.25, -0.2) is 0 Å². The first-order valence-electron chi connectivity index (χ1n) is 11.0. The second-order valence-corrected chi connectivity index (χ2v) is 9.15. The number of carboxylic acid groups (broad SMARTS) is 1. The molecule has 0 saturated carbocycles. The Bertz CT molecular complexity index is 906. The Labute approximate surface area is 198 Å². The summed E-state index contributed by atoms with van der Waals surface area (Å²) >= 11 is 12.1. The lowest BCUT2D eigenvalue weighted by Gasteiger charge is -2.40. The van der Waals surface area contributed by atoms with Crippen LogP contribution < -0.4 is 4.74 Å². The molecule has 1 N–H and O–H groups in total. The molecule has 0 aromatic heterocycles. The smallest absolute Gasteiger partial charge is 0.325 e. The molecule has 4 rings (SSSR count). The van der Waals surface area contributed by atoms with Crippen LogP contribution in [0.4, 0.5) is 0 Å². The summed E-state index contributed by atoms with van der Waals surface area (Å²) in [6.07, 6.45) is 1.96. The number of ether oxygens (including phenoxy) is 2. The van der Waals surface area contributed by atoms with E-state index in [9.17, 15) is 9.90 Å². The lowest BCUT2D eigenvalue weighted by molar-refractivity contribution is -0.147. The van der Waals surface area contributed by atoms with Gasteiger partial charge < -0.3 is 19.5 Å². The monoisotopic (exact) mass is 478 g/mol. The molecule has 0 bridgehead atoms. The van der Waals surface area contributed by atoms with E-state index in [2.05, 4.69) is 4.90 Å². The van der Waals surface area contributed by atoms with Crippen molar-refractivity contribution in [1.82, 2.24) is 9.80 Å². The second-order valence-electron chi connectivity index (χ2n) is 8.33. The summed E-state index contributed by atoms with van der Waals surface area (Å²) in [6.45, 7) is 4.36. The molecule has 6 nitrogen and oxygen atoms in total. The molecule has 2 aliphatic heterocycles. The minimum Gasteiger partial charge on any atom is -0.490 e. The normalized spacial score (nSPS) is 21.9. The number of rotatable bonds is 7. The molecule has 2 heterocycles. The van der Waals surface area contributed by atoms with Gasteiger partial charge in [0.15, 0.2) is 0 Å². The maximum Gasteiger partial charge on any atom is 0.325 e. The zero-order valence-corrected chi connectivity index (χ0v) is 19.3. The largest absolute Gasteiger partial charge is 0.490 e. The maximum atomic E-state index is 12.0. The third-order valence-corrected chi connectivity index (χ3v) is 6.81. The van der Waals surface area contributed by atoms with Crippen molar-refractivity contribution in [3.8, 4) is 5.75 Å². The molecule has 172 valence electrons. The van der Waals surface area contributed by atoms with E-state index in [1.165, 1.54) is 0 Å². The van der Waals surface area contributed by atoms with Crippen molar-refractivity contribution in [1.29, 1.82) is 0 Å². The first-order chi connectivity index (χ1) is 15.5. The topological polar surface area (TPSA) is 62.2 Å². The van der Waals surface area contributed by atoms with Crippen LogP contribution in [0.1, 0.15) is 24.4 Å². The number of piperidine rings is 1. The number of carboxylic acids is 1. The molecule has 0 amide bonds. The van der Waals surface area contributed by atoms with Crippen molar-refractivity contribution in [3.63, 3.8) is 0 Å². The quantitative estimate of drug-likeness (QED) is 0.637. The number of hydrogen-bond donors (Lipinski definition) is 1. The molecule has 32 heavy (non-hydrogen) atoms. The van der Waals surface area contributed by atoms with Crippen molar-refractivity contribution >= 4 is 29.2 Å². The summed E-state index contributed by atoms with van der Waals surface area (Å²) in [6, 6.07) is 14.1. The Hall–Kier alpha value is -1.83. The van der Waals surface area contributed by atoms with E-state index >= 15 is 0 Å². The van der Waals surface area contributed by atoms with Gasteiger partial charge in [0.05, 0.1) is 22.8 Å². The van der Waals surface area contributed by atoms with E-state index in [0.717, 1.165) is 43.8 Å². The highest BCUT2D eigenvalue weighted by Crippen LogP contribution is 2.28. The summed E-state index contributed by atoms with van der Waals surface area (Å²) in [5.74, 6) is -0.0816. The molecule has 8 heteroatoms. The van der Waals surface area contributed by atoms with Gasteiger partial charge in [0, 0.05) is 38.8 Å². The summed E-state index contributed by atoms with van der Waals surface area (Å²) in [5.41, 5.74) is 0.806. The number of hydrogen-bond acceptors (Lipinski definition) is 5. The molecular formula is C24H28Cl2N2O4. The summed E-state index contributed by atoms with van der Waals surface area (Å²) < 4.78 is 12.1. The van der Waals surface area contributed by atoms with Gasteiger partial charge >= 0.3 is 5.97 Å². The predicted octanol–water partition coefficient (Wildman–Crippen LogP) is 4.36. The van der Waals surface area contributed by atoms with Crippen LogP contribution in [0.25, 0.3) is 0 Å². The molecule has 0 aliphatic carbocycles. The first-order valence-corrected chi connectivity index (χ1v) is 11.7. The summed E-state index contributed by atoms with van der Waals surface area (Å²) in [7, 11) is 0. The Morgan fingerprint density at radius 1 is 1.09 bits per heavy atom. The fourth-order valence-corrected chi connectivity index (χ4v) is 4.76. The summed E-state index contributed by atoms with van der Waals surface area (Å²) in [5, 5.41) is 10.9. The fourth-order valence-electron chi connectivity index (χ4n) is 4.47. The summed E-state index contributed by atoms with van der Waals surface area (Å²) in [4.78, 5) is 16.4. The second kappa shape index (κ2) is 10.9. The van der Waals surface area contributed by atoms with Crippen LogP contribution in [-0.2, 0) is 9.53 Å². The van der Waals surface area contributed by atoms with Crippen LogP contribution in [0.15, 0.2) is 48.5 Å². The van der Waals surface area contributed by atoms with Crippen LogP contribution in [0.2, 0.25) is 10.0 Å². The number of morpholine rings is 1. The number of aliphatic carboxylic acids is 1. The maximum absolute atomic E-state index is 12.0. The number of nitrogens with zero attached hydrogens (tertiary/aromatic N) is 2. The minimum absolute atomic E-state index is 0.0122. The molecule has 1 unspecified atom stereocenters.